The minimum atomic E-state index is -0.0829. The zero-order chi connectivity index (χ0) is 12.3. The highest BCUT2D eigenvalue weighted by atomic mass is 16.1. The molecule has 0 aliphatic heterocycles. The largest absolute Gasteiger partial charge is 0.370 e. The number of rotatable bonds is 3. The summed E-state index contributed by atoms with van der Waals surface area (Å²) in [4.78, 5) is 15.1. The van der Waals surface area contributed by atoms with Crippen LogP contribution in [0.15, 0.2) is 29.3 Å². The molecule has 5 nitrogen and oxygen atoms in total. The van der Waals surface area contributed by atoms with Gasteiger partial charge in [0.1, 0.15) is 0 Å². The van der Waals surface area contributed by atoms with Gasteiger partial charge in [0.15, 0.2) is 5.96 Å². The molecule has 0 bridgehead atoms. The van der Waals surface area contributed by atoms with Crippen LogP contribution in [0.2, 0.25) is 0 Å². The third kappa shape index (κ3) is 3.79. The molecule has 2 rings (SSSR count). The molecule has 1 fully saturated rings. The summed E-state index contributed by atoms with van der Waals surface area (Å²) in [7, 11) is 0. The zero-order valence-electron chi connectivity index (χ0n) is 9.73. The maximum Gasteiger partial charge on any atom is 0.221 e. The van der Waals surface area contributed by atoms with Crippen molar-refractivity contribution in [3.63, 3.8) is 0 Å². The maximum atomic E-state index is 10.8. The van der Waals surface area contributed by atoms with Gasteiger partial charge in [-0.25, -0.2) is 4.99 Å². The number of guanidine groups is 1. The van der Waals surface area contributed by atoms with E-state index in [9.17, 15) is 4.79 Å². The molecular formula is C12H16N4O. The van der Waals surface area contributed by atoms with Crippen LogP contribution in [0.3, 0.4) is 0 Å². The number of nitrogens with two attached hydrogens (primary N) is 1. The number of anilines is 2. The Kier molecular flexibility index (Phi) is 3.27. The number of carbonyl (C=O) groups is 1. The molecule has 1 aliphatic carbocycles. The highest BCUT2D eigenvalue weighted by molar-refractivity contribution is 5.93. The summed E-state index contributed by atoms with van der Waals surface area (Å²) < 4.78 is 0. The molecular weight excluding hydrogens is 216 g/mol. The van der Waals surface area contributed by atoms with Crippen molar-refractivity contribution in [2.45, 2.75) is 25.8 Å². The molecule has 1 saturated carbocycles. The molecule has 4 N–H and O–H groups in total. The second kappa shape index (κ2) is 4.86. The number of hydrogen-bond donors (Lipinski definition) is 3. The first kappa shape index (κ1) is 11.4. The van der Waals surface area contributed by atoms with Gasteiger partial charge in [-0.3, -0.25) is 4.79 Å². The molecule has 0 aromatic heterocycles. The van der Waals surface area contributed by atoms with Crippen LogP contribution in [0.5, 0.6) is 0 Å². The smallest absolute Gasteiger partial charge is 0.221 e. The zero-order valence-corrected chi connectivity index (χ0v) is 9.73. The molecule has 0 radical (unpaired) electrons. The van der Waals surface area contributed by atoms with Crippen LogP contribution < -0.4 is 16.4 Å². The van der Waals surface area contributed by atoms with Gasteiger partial charge in [0, 0.05) is 18.3 Å². The van der Waals surface area contributed by atoms with Crippen molar-refractivity contribution in [1.29, 1.82) is 0 Å². The Hall–Kier alpha value is -2.04. The van der Waals surface area contributed by atoms with Crippen molar-refractivity contribution in [2.75, 3.05) is 10.6 Å². The second-order valence-corrected chi connectivity index (χ2v) is 4.13. The molecule has 1 aromatic carbocycles. The Morgan fingerprint density at radius 3 is 2.24 bits per heavy atom. The van der Waals surface area contributed by atoms with Crippen molar-refractivity contribution in [1.82, 2.24) is 0 Å². The molecule has 0 unspecified atom stereocenters. The van der Waals surface area contributed by atoms with Crippen LogP contribution in [-0.2, 0) is 4.79 Å². The third-order valence-electron chi connectivity index (χ3n) is 2.35. The van der Waals surface area contributed by atoms with Crippen LogP contribution >= 0.6 is 0 Å². The number of benzene rings is 1. The summed E-state index contributed by atoms with van der Waals surface area (Å²) in [5, 5.41) is 5.71. The van der Waals surface area contributed by atoms with Crippen LogP contribution in [0.25, 0.3) is 0 Å². The molecule has 1 aromatic rings. The third-order valence-corrected chi connectivity index (χ3v) is 2.35. The number of amides is 1. The Morgan fingerprint density at radius 1 is 1.24 bits per heavy atom. The quantitative estimate of drug-likeness (QED) is 0.546. The molecule has 0 saturated heterocycles. The Morgan fingerprint density at radius 2 is 1.76 bits per heavy atom. The monoisotopic (exact) mass is 232 g/mol. The molecule has 5 heteroatoms. The van der Waals surface area contributed by atoms with Crippen molar-refractivity contribution < 1.29 is 4.79 Å². The molecule has 0 spiro atoms. The van der Waals surface area contributed by atoms with Crippen molar-refractivity contribution in [3.05, 3.63) is 24.3 Å². The van der Waals surface area contributed by atoms with Crippen molar-refractivity contribution in [2.24, 2.45) is 10.7 Å². The Balaban J connectivity index is 1.95. The second-order valence-electron chi connectivity index (χ2n) is 4.13. The van der Waals surface area contributed by atoms with Crippen LogP contribution in [0.4, 0.5) is 11.4 Å². The number of nitrogens with zero attached hydrogens (tertiary/aromatic N) is 1. The van der Waals surface area contributed by atoms with Crippen LogP contribution in [0.1, 0.15) is 19.8 Å². The molecule has 1 amide bonds. The first-order chi connectivity index (χ1) is 8.13. The summed E-state index contributed by atoms with van der Waals surface area (Å²) in [6.45, 7) is 1.48. The van der Waals surface area contributed by atoms with E-state index in [1.54, 1.807) is 0 Å². The van der Waals surface area contributed by atoms with E-state index in [1.807, 2.05) is 24.3 Å². The summed E-state index contributed by atoms with van der Waals surface area (Å²) >= 11 is 0. The number of hydrogen-bond acceptors (Lipinski definition) is 2. The predicted molar refractivity (Wildman–Crippen MR) is 69.0 cm³/mol. The van der Waals surface area contributed by atoms with E-state index >= 15 is 0 Å². The fourth-order valence-electron chi connectivity index (χ4n) is 1.42. The lowest BCUT2D eigenvalue weighted by atomic mass is 10.3. The normalized spacial score (nSPS) is 15.5. The molecule has 17 heavy (non-hydrogen) atoms. The van der Waals surface area contributed by atoms with E-state index in [-0.39, 0.29) is 5.91 Å². The van der Waals surface area contributed by atoms with E-state index in [0.717, 1.165) is 24.2 Å². The van der Waals surface area contributed by atoms with Crippen LogP contribution in [-0.4, -0.2) is 17.9 Å². The minimum Gasteiger partial charge on any atom is -0.370 e. The summed E-state index contributed by atoms with van der Waals surface area (Å²) in [6.07, 6.45) is 2.26. The van der Waals surface area contributed by atoms with Gasteiger partial charge in [-0.05, 0) is 37.1 Å². The summed E-state index contributed by atoms with van der Waals surface area (Å²) in [5.74, 6) is 0.361. The average Bonchev–Trinajstić information content (AvgIpc) is 3.04. The molecule has 90 valence electrons. The Labute approximate surface area is 100 Å². The van der Waals surface area contributed by atoms with Gasteiger partial charge in [-0.15, -0.1) is 0 Å². The SMILES string of the molecule is CC(=O)Nc1ccc(NC(N)=NC2CC2)cc1. The average molecular weight is 232 g/mol. The minimum absolute atomic E-state index is 0.0829. The van der Waals surface area contributed by atoms with E-state index in [0.29, 0.717) is 12.0 Å². The standard InChI is InChI=1S/C12H16N4O/c1-8(17)14-9-2-4-10(5-3-9)15-12(13)16-11-6-7-11/h2-5,11H,6-7H2,1H3,(H,14,17)(H3,13,15,16). The van der Waals surface area contributed by atoms with Gasteiger partial charge in [0.2, 0.25) is 5.91 Å². The fourth-order valence-corrected chi connectivity index (χ4v) is 1.42. The number of carbonyl (C=O) groups excluding carboxylic acids is 1. The topological polar surface area (TPSA) is 79.5 Å². The number of aliphatic imine (C=N–C) groups is 1. The van der Waals surface area contributed by atoms with E-state index in [4.69, 9.17) is 5.73 Å². The lowest BCUT2D eigenvalue weighted by Gasteiger charge is -2.07. The lowest BCUT2D eigenvalue weighted by Crippen LogP contribution is -2.23. The van der Waals surface area contributed by atoms with E-state index < -0.39 is 0 Å². The maximum absolute atomic E-state index is 10.8. The predicted octanol–water partition coefficient (Wildman–Crippen LogP) is 1.53. The fraction of sp³-hybridized carbons (Fsp3) is 0.333. The molecule has 1 aliphatic rings. The van der Waals surface area contributed by atoms with E-state index in [2.05, 4.69) is 15.6 Å². The summed E-state index contributed by atoms with van der Waals surface area (Å²) in [5.41, 5.74) is 7.36. The number of nitrogens with one attached hydrogen (secondary N) is 2. The first-order valence-corrected chi connectivity index (χ1v) is 5.61. The highest BCUT2D eigenvalue weighted by Gasteiger charge is 2.20. The van der Waals surface area contributed by atoms with Crippen molar-refractivity contribution >= 4 is 23.2 Å². The Bertz CT molecular complexity index is 434. The highest BCUT2D eigenvalue weighted by Crippen LogP contribution is 2.23. The molecule has 0 heterocycles. The van der Waals surface area contributed by atoms with Gasteiger partial charge < -0.3 is 16.4 Å². The van der Waals surface area contributed by atoms with Crippen LogP contribution in [0, 0.1) is 0 Å². The summed E-state index contributed by atoms with van der Waals surface area (Å²) in [6, 6.07) is 7.73. The van der Waals surface area contributed by atoms with E-state index in [1.165, 1.54) is 6.92 Å². The van der Waals surface area contributed by atoms with Crippen molar-refractivity contribution in [3.8, 4) is 0 Å². The molecule has 0 atom stereocenters. The first-order valence-electron chi connectivity index (χ1n) is 5.61. The van der Waals surface area contributed by atoms with Gasteiger partial charge in [0.05, 0.1) is 6.04 Å². The van der Waals surface area contributed by atoms with Gasteiger partial charge in [-0.2, -0.15) is 0 Å². The van der Waals surface area contributed by atoms with Gasteiger partial charge in [0.25, 0.3) is 0 Å². The lowest BCUT2D eigenvalue weighted by molar-refractivity contribution is -0.114. The van der Waals surface area contributed by atoms with Gasteiger partial charge in [-0.1, -0.05) is 0 Å². The van der Waals surface area contributed by atoms with Gasteiger partial charge >= 0.3 is 0 Å².